The standard InChI is InChI=1S/C22H27BrO4/c1-15(25-5)18-10-16(11-19(23)12-18)14-26-20-9-7-6-8-17(20)13-21(24)27-22(2,3)4/h6-12,15H,13-14H2,1-5H3. The van der Waals surface area contributed by atoms with E-state index in [4.69, 9.17) is 14.2 Å². The van der Waals surface area contributed by atoms with E-state index >= 15 is 0 Å². The number of rotatable bonds is 7. The molecule has 0 aliphatic carbocycles. The maximum Gasteiger partial charge on any atom is 0.310 e. The molecule has 0 spiro atoms. The summed E-state index contributed by atoms with van der Waals surface area (Å²) in [6.07, 6.45) is 0.179. The van der Waals surface area contributed by atoms with Crippen LogP contribution in [0.5, 0.6) is 5.75 Å². The molecule has 146 valence electrons. The molecule has 4 nitrogen and oxygen atoms in total. The molecular weight excluding hydrogens is 408 g/mol. The molecule has 0 saturated carbocycles. The first-order valence-corrected chi connectivity index (χ1v) is 9.72. The molecule has 0 aliphatic rings. The molecule has 1 atom stereocenters. The number of esters is 1. The summed E-state index contributed by atoms with van der Waals surface area (Å²) in [5, 5.41) is 0. The van der Waals surface area contributed by atoms with Crippen molar-refractivity contribution in [2.24, 2.45) is 0 Å². The fourth-order valence-electron chi connectivity index (χ4n) is 2.61. The highest BCUT2D eigenvalue weighted by Crippen LogP contribution is 2.25. The topological polar surface area (TPSA) is 44.8 Å². The van der Waals surface area contributed by atoms with Crippen molar-refractivity contribution in [2.75, 3.05) is 7.11 Å². The first-order valence-electron chi connectivity index (χ1n) is 8.92. The van der Waals surface area contributed by atoms with E-state index in [-0.39, 0.29) is 18.5 Å². The fraction of sp³-hybridized carbons (Fsp3) is 0.409. The number of benzene rings is 2. The Balaban J connectivity index is 2.11. The molecule has 2 aromatic carbocycles. The van der Waals surface area contributed by atoms with E-state index in [2.05, 4.69) is 22.0 Å². The third kappa shape index (κ3) is 7.00. The van der Waals surface area contributed by atoms with Gasteiger partial charge in [-0.15, -0.1) is 0 Å². The molecule has 2 aromatic rings. The van der Waals surface area contributed by atoms with E-state index in [1.54, 1.807) is 7.11 Å². The van der Waals surface area contributed by atoms with Gasteiger partial charge in [0.05, 0.1) is 12.5 Å². The van der Waals surface area contributed by atoms with Crippen molar-refractivity contribution in [2.45, 2.75) is 52.4 Å². The van der Waals surface area contributed by atoms with Gasteiger partial charge in [0.1, 0.15) is 18.0 Å². The van der Waals surface area contributed by atoms with E-state index in [0.29, 0.717) is 12.4 Å². The van der Waals surface area contributed by atoms with E-state index < -0.39 is 5.60 Å². The zero-order valence-electron chi connectivity index (χ0n) is 16.5. The Hall–Kier alpha value is -1.85. The third-order valence-electron chi connectivity index (χ3n) is 3.92. The molecule has 0 aromatic heterocycles. The quantitative estimate of drug-likeness (QED) is 0.530. The summed E-state index contributed by atoms with van der Waals surface area (Å²) in [5.41, 5.74) is 2.41. The van der Waals surface area contributed by atoms with Gasteiger partial charge in [-0.1, -0.05) is 34.1 Å². The minimum Gasteiger partial charge on any atom is -0.489 e. The number of carbonyl (C=O) groups excluding carboxylic acids is 1. The summed E-state index contributed by atoms with van der Waals surface area (Å²) in [4.78, 5) is 12.2. The number of carbonyl (C=O) groups is 1. The molecule has 0 saturated heterocycles. The lowest BCUT2D eigenvalue weighted by atomic mass is 10.1. The summed E-state index contributed by atoms with van der Waals surface area (Å²) in [7, 11) is 1.69. The van der Waals surface area contributed by atoms with Gasteiger partial charge in [0, 0.05) is 17.1 Å². The second-order valence-corrected chi connectivity index (χ2v) is 8.35. The molecule has 0 heterocycles. The van der Waals surface area contributed by atoms with Gasteiger partial charge in [0.15, 0.2) is 0 Å². The van der Waals surface area contributed by atoms with Crippen LogP contribution in [0.2, 0.25) is 0 Å². The molecule has 0 amide bonds. The predicted molar refractivity (Wildman–Crippen MR) is 110 cm³/mol. The average Bonchev–Trinajstić information content (AvgIpc) is 2.58. The van der Waals surface area contributed by atoms with Crippen LogP contribution in [-0.4, -0.2) is 18.7 Å². The molecule has 0 radical (unpaired) electrons. The molecule has 5 heteroatoms. The molecule has 27 heavy (non-hydrogen) atoms. The van der Waals surface area contributed by atoms with E-state index in [0.717, 1.165) is 21.2 Å². The van der Waals surface area contributed by atoms with Crippen molar-refractivity contribution in [3.05, 3.63) is 63.6 Å². The molecule has 0 bridgehead atoms. The summed E-state index contributed by atoms with van der Waals surface area (Å²) in [6, 6.07) is 13.7. The Bertz CT molecular complexity index is 780. The van der Waals surface area contributed by atoms with Gasteiger partial charge in [0.25, 0.3) is 0 Å². The van der Waals surface area contributed by atoms with E-state index in [1.165, 1.54) is 0 Å². The van der Waals surface area contributed by atoms with Gasteiger partial charge in [-0.2, -0.15) is 0 Å². The summed E-state index contributed by atoms with van der Waals surface area (Å²) < 4.78 is 17.8. The second kappa shape index (κ2) is 9.38. The van der Waals surface area contributed by atoms with Gasteiger partial charge >= 0.3 is 5.97 Å². The number of hydrogen-bond donors (Lipinski definition) is 0. The number of methoxy groups -OCH3 is 1. The summed E-state index contributed by atoms with van der Waals surface area (Å²) >= 11 is 3.54. The fourth-order valence-corrected chi connectivity index (χ4v) is 3.17. The van der Waals surface area contributed by atoms with Crippen molar-refractivity contribution in [1.82, 2.24) is 0 Å². The largest absolute Gasteiger partial charge is 0.489 e. The number of ether oxygens (including phenoxy) is 3. The number of para-hydroxylation sites is 1. The Kier molecular flexibility index (Phi) is 7.45. The Morgan fingerprint density at radius 1 is 1.15 bits per heavy atom. The van der Waals surface area contributed by atoms with Crippen molar-refractivity contribution in [3.63, 3.8) is 0 Å². The van der Waals surface area contributed by atoms with Gasteiger partial charge in [-0.05, 0) is 63.1 Å². The van der Waals surface area contributed by atoms with Crippen molar-refractivity contribution >= 4 is 21.9 Å². The molecular formula is C22H27BrO4. The zero-order chi connectivity index (χ0) is 20.0. The van der Waals surface area contributed by atoms with Crippen molar-refractivity contribution in [1.29, 1.82) is 0 Å². The van der Waals surface area contributed by atoms with Crippen LogP contribution in [0.15, 0.2) is 46.9 Å². The van der Waals surface area contributed by atoms with Crippen LogP contribution in [0.1, 0.15) is 50.5 Å². The van der Waals surface area contributed by atoms with Gasteiger partial charge < -0.3 is 14.2 Å². The zero-order valence-corrected chi connectivity index (χ0v) is 18.1. The number of halogens is 1. The van der Waals surface area contributed by atoms with Crippen LogP contribution < -0.4 is 4.74 Å². The minimum atomic E-state index is -0.502. The Morgan fingerprint density at radius 3 is 2.52 bits per heavy atom. The summed E-state index contributed by atoms with van der Waals surface area (Å²) in [5.74, 6) is 0.418. The minimum absolute atomic E-state index is 0.000652. The SMILES string of the molecule is COC(C)c1cc(Br)cc(COc2ccccc2CC(=O)OC(C)(C)C)c1. The van der Waals surface area contributed by atoms with E-state index in [9.17, 15) is 4.79 Å². The normalized spacial score (nSPS) is 12.5. The highest BCUT2D eigenvalue weighted by molar-refractivity contribution is 9.10. The van der Waals surface area contributed by atoms with Gasteiger partial charge in [-0.3, -0.25) is 4.79 Å². The highest BCUT2D eigenvalue weighted by Gasteiger charge is 2.18. The molecule has 2 rings (SSSR count). The van der Waals surface area contributed by atoms with Crippen LogP contribution in [0.3, 0.4) is 0 Å². The second-order valence-electron chi connectivity index (χ2n) is 7.43. The lowest BCUT2D eigenvalue weighted by Crippen LogP contribution is -2.25. The third-order valence-corrected chi connectivity index (χ3v) is 4.38. The van der Waals surface area contributed by atoms with Crippen LogP contribution in [0.25, 0.3) is 0 Å². The van der Waals surface area contributed by atoms with Crippen LogP contribution >= 0.6 is 15.9 Å². The smallest absolute Gasteiger partial charge is 0.310 e. The molecule has 1 unspecified atom stereocenters. The Labute approximate surface area is 170 Å². The van der Waals surface area contributed by atoms with Gasteiger partial charge in [0.2, 0.25) is 0 Å². The maximum atomic E-state index is 12.2. The van der Waals surface area contributed by atoms with Crippen LogP contribution in [0.4, 0.5) is 0 Å². The van der Waals surface area contributed by atoms with Crippen molar-refractivity contribution < 1.29 is 19.0 Å². The first-order chi connectivity index (χ1) is 12.7. The lowest BCUT2D eigenvalue weighted by molar-refractivity contribution is -0.153. The molecule has 0 N–H and O–H groups in total. The Morgan fingerprint density at radius 2 is 1.85 bits per heavy atom. The lowest BCUT2D eigenvalue weighted by Gasteiger charge is -2.20. The monoisotopic (exact) mass is 434 g/mol. The summed E-state index contributed by atoms with van der Waals surface area (Å²) in [6.45, 7) is 7.98. The molecule has 0 fully saturated rings. The van der Waals surface area contributed by atoms with Crippen molar-refractivity contribution in [3.8, 4) is 5.75 Å². The van der Waals surface area contributed by atoms with Crippen LogP contribution in [-0.2, 0) is 27.3 Å². The predicted octanol–water partition coefficient (Wildman–Crippen LogP) is 5.62. The first kappa shape index (κ1) is 21.5. The maximum absolute atomic E-state index is 12.2. The molecule has 0 aliphatic heterocycles. The van der Waals surface area contributed by atoms with Gasteiger partial charge in [-0.25, -0.2) is 0 Å². The highest BCUT2D eigenvalue weighted by atomic mass is 79.9. The number of hydrogen-bond acceptors (Lipinski definition) is 4. The van der Waals surface area contributed by atoms with E-state index in [1.807, 2.05) is 64.1 Å². The van der Waals surface area contributed by atoms with Crippen LogP contribution in [0, 0.1) is 0 Å². The average molecular weight is 435 g/mol.